The van der Waals surface area contributed by atoms with Crippen molar-refractivity contribution in [1.82, 2.24) is 14.8 Å². The van der Waals surface area contributed by atoms with E-state index in [1.807, 2.05) is 6.20 Å². The van der Waals surface area contributed by atoms with Crippen LogP contribution in [0.3, 0.4) is 0 Å². The van der Waals surface area contributed by atoms with E-state index in [4.69, 9.17) is 0 Å². The van der Waals surface area contributed by atoms with Crippen LogP contribution in [0.5, 0.6) is 0 Å². The van der Waals surface area contributed by atoms with E-state index >= 15 is 0 Å². The lowest BCUT2D eigenvalue weighted by Gasteiger charge is -2.39. The van der Waals surface area contributed by atoms with Crippen molar-refractivity contribution in [3.63, 3.8) is 0 Å². The molecule has 1 aromatic heterocycles. The number of thiazole rings is 1. The molecule has 3 nitrogen and oxygen atoms in total. The maximum atomic E-state index is 4.40. The molecule has 20 heavy (non-hydrogen) atoms. The van der Waals surface area contributed by atoms with E-state index in [0.717, 1.165) is 18.5 Å². The Morgan fingerprint density at radius 2 is 2.15 bits per heavy atom. The lowest BCUT2D eigenvalue weighted by atomic mass is 10.0. The van der Waals surface area contributed by atoms with Gasteiger partial charge in [-0.3, -0.25) is 4.90 Å². The van der Waals surface area contributed by atoms with Crippen LogP contribution in [0.15, 0.2) is 11.6 Å². The first kappa shape index (κ1) is 15.9. The quantitative estimate of drug-likeness (QED) is 0.768. The van der Waals surface area contributed by atoms with Gasteiger partial charge < -0.3 is 4.90 Å². The molecular formula is C16H29N3S. The predicted molar refractivity (Wildman–Crippen MR) is 87.1 cm³/mol. The van der Waals surface area contributed by atoms with Crippen molar-refractivity contribution < 1.29 is 0 Å². The van der Waals surface area contributed by atoms with Gasteiger partial charge in [-0.05, 0) is 31.7 Å². The maximum absolute atomic E-state index is 4.40. The van der Waals surface area contributed by atoms with Crippen LogP contribution in [-0.2, 0) is 6.54 Å². The molecule has 2 heterocycles. The number of likely N-dealkylation sites (tertiary alicyclic amines) is 1. The van der Waals surface area contributed by atoms with E-state index in [-0.39, 0.29) is 0 Å². The molecule has 0 atom stereocenters. The minimum atomic E-state index is 0.773. The van der Waals surface area contributed by atoms with E-state index in [1.165, 1.54) is 50.4 Å². The van der Waals surface area contributed by atoms with Gasteiger partial charge in [-0.25, -0.2) is 4.98 Å². The number of piperidine rings is 1. The van der Waals surface area contributed by atoms with E-state index < -0.39 is 0 Å². The van der Waals surface area contributed by atoms with E-state index in [9.17, 15) is 0 Å². The van der Waals surface area contributed by atoms with Crippen molar-refractivity contribution in [2.45, 2.75) is 52.6 Å². The van der Waals surface area contributed by atoms with Gasteiger partial charge in [0.2, 0.25) is 0 Å². The normalized spacial score (nSPS) is 18.2. The minimum Gasteiger partial charge on any atom is -0.300 e. The van der Waals surface area contributed by atoms with Crippen LogP contribution < -0.4 is 0 Å². The summed E-state index contributed by atoms with van der Waals surface area (Å²) in [6.07, 6.45) is 5.82. The number of rotatable bonds is 7. The molecule has 1 aliphatic heterocycles. The Hall–Kier alpha value is -0.450. The van der Waals surface area contributed by atoms with Crippen molar-refractivity contribution in [2.24, 2.45) is 5.92 Å². The molecule has 114 valence electrons. The molecule has 0 unspecified atom stereocenters. The molecule has 0 aromatic carbocycles. The van der Waals surface area contributed by atoms with Crippen molar-refractivity contribution >= 4 is 11.3 Å². The van der Waals surface area contributed by atoms with Gasteiger partial charge in [0.25, 0.3) is 0 Å². The molecule has 4 heteroatoms. The van der Waals surface area contributed by atoms with Crippen molar-refractivity contribution in [3.05, 3.63) is 16.6 Å². The molecule has 0 spiro atoms. The molecule has 1 fully saturated rings. The Labute approximate surface area is 128 Å². The maximum Gasteiger partial charge on any atom is 0.107 e. The second-order valence-electron chi connectivity index (χ2n) is 6.32. The SMILES string of the molecule is CCCN(CC(C)C)C1CCN(Cc2nccs2)CC1. The lowest BCUT2D eigenvalue weighted by Crippen LogP contribution is -2.46. The van der Waals surface area contributed by atoms with Crippen LogP contribution in [0.2, 0.25) is 0 Å². The first-order valence-electron chi connectivity index (χ1n) is 8.03. The van der Waals surface area contributed by atoms with E-state index in [2.05, 4.69) is 40.9 Å². The zero-order valence-corrected chi connectivity index (χ0v) is 14.0. The lowest BCUT2D eigenvalue weighted by molar-refractivity contribution is 0.0952. The van der Waals surface area contributed by atoms with E-state index in [0.29, 0.717) is 0 Å². The Kier molecular flexibility index (Phi) is 6.46. The van der Waals surface area contributed by atoms with Crippen molar-refractivity contribution in [3.8, 4) is 0 Å². The average Bonchev–Trinajstić information content (AvgIpc) is 2.91. The van der Waals surface area contributed by atoms with Crippen LogP contribution in [-0.4, -0.2) is 47.0 Å². The highest BCUT2D eigenvalue weighted by Crippen LogP contribution is 2.20. The first-order chi connectivity index (χ1) is 9.69. The third-order valence-corrected chi connectivity index (χ3v) is 4.79. The van der Waals surface area contributed by atoms with Gasteiger partial charge in [0.15, 0.2) is 0 Å². The highest BCUT2D eigenvalue weighted by Gasteiger charge is 2.24. The number of nitrogens with zero attached hydrogens (tertiary/aromatic N) is 3. The fraction of sp³-hybridized carbons (Fsp3) is 0.812. The summed E-state index contributed by atoms with van der Waals surface area (Å²) >= 11 is 1.78. The molecule has 0 aliphatic carbocycles. The smallest absolute Gasteiger partial charge is 0.107 e. The number of aromatic nitrogens is 1. The van der Waals surface area contributed by atoms with Gasteiger partial charge in [0.1, 0.15) is 5.01 Å². The summed E-state index contributed by atoms with van der Waals surface area (Å²) in [7, 11) is 0. The highest BCUT2D eigenvalue weighted by molar-refractivity contribution is 7.09. The third kappa shape index (κ3) is 4.83. The minimum absolute atomic E-state index is 0.773. The molecule has 0 N–H and O–H groups in total. The Balaban J connectivity index is 1.79. The number of hydrogen-bond acceptors (Lipinski definition) is 4. The summed E-state index contributed by atoms with van der Waals surface area (Å²) in [5.74, 6) is 0.773. The predicted octanol–water partition coefficient (Wildman–Crippen LogP) is 3.48. The van der Waals surface area contributed by atoms with Gasteiger partial charge in [0.05, 0.1) is 6.54 Å². The van der Waals surface area contributed by atoms with Gasteiger partial charge in [-0.1, -0.05) is 20.8 Å². The Morgan fingerprint density at radius 3 is 2.70 bits per heavy atom. The largest absolute Gasteiger partial charge is 0.300 e. The standard InChI is InChI=1S/C16H29N3S/c1-4-8-19(12-14(2)3)15-5-9-18(10-6-15)13-16-17-7-11-20-16/h7,11,14-15H,4-6,8-10,12-13H2,1-3H3. The second-order valence-corrected chi connectivity index (χ2v) is 7.30. The molecule has 0 saturated carbocycles. The monoisotopic (exact) mass is 295 g/mol. The van der Waals surface area contributed by atoms with Crippen LogP contribution in [0, 0.1) is 5.92 Å². The fourth-order valence-corrected chi connectivity index (χ4v) is 3.80. The van der Waals surface area contributed by atoms with Gasteiger partial charge in [-0.15, -0.1) is 11.3 Å². The molecule has 0 radical (unpaired) electrons. The molecule has 1 saturated heterocycles. The van der Waals surface area contributed by atoms with Gasteiger partial charge in [0, 0.05) is 37.3 Å². The zero-order chi connectivity index (χ0) is 14.4. The molecule has 0 bridgehead atoms. The molecular weight excluding hydrogens is 266 g/mol. The summed E-state index contributed by atoms with van der Waals surface area (Å²) in [5, 5.41) is 3.34. The second kappa shape index (κ2) is 8.11. The first-order valence-corrected chi connectivity index (χ1v) is 8.91. The van der Waals surface area contributed by atoms with E-state index in [1.54, 1.807) is 11.3 Å². The summed E-state index contributed by atoms with van der Waals surface area (Å²) in [4.78, 5) is 9.69. The van der Waals surface area contributed by atoms with Crippen LogP contribution in [0.4, 0.5) is 0 Å². The van der Waals surface area contributed by atoms with Crippen LogP contribution in [0.25, 0.3) is 0 Å². The Morgan fingerprint density at radius 1 is 1.40 bits per heavy atom. The highest BCUT2D eigenvalue weighted by atomic mass is 32.1. The van der Waals surface area contributed by atoms with Gasteiger partial charge in [-0.2, -0.15) is 0 Å². The topological polar surface area (TPSA) is 19.4 Å². The van der Waals surface area contributed by atoms with Gasteiger partial charge >= 0.3 is 0 Å². The summed E-state index contributed by atoms with van der Waals surface area (Å²) in [6.45, 7) is 13.0. The summed E-state index contributed by atoms with van der Waals surface area (Å²) in [6, 6.07) is 0.796. The zero-order valence-electron chi connectivity index (χ0n) is 13.2. The third-order valence-electron chi connectivity index (χ3n) is 4.03. The number of hydrogen-bond donors (Lipinski definition) is 0. The fourth-order valence-electron chi connectivity index (χ4n) is 3.14. The molecule has 1 aliphatic rings. The van der Waals surface area contributed by atoms with Crippen molar-refractivity contribution in [2.75, 3.05) is 26.2 Å². The molecule has 2 rings (SSSR count). The average molecular weight is 295 g/mol. The molecule has 0 amide bonds. The molecule has 1 aromatic rings. The summed E-state index contributed by atoms with van der Waals surface area (Å²) < 4.78 is 0. The Bertz CT molecular complexity index is 356. The van der Waals surface area contributed by atoms with Crippen LogP contribution in [0.1, 0.15) is 45.0 Å². The van der Waals surface area contributed by atoms with Crippen LogP contribution >= 0.6 is 11.3 Å². The summed E-state index contributed by atoms with van der Waals surface area (Å²) in [5.41, 5.74) is 0. The van der Waals surface area contributed by atoms with Crippen molar-refractivity contribution in [1.29, 1.82) is 0 Å².